The maximum atomic E-state index is 10.8. The van der Waals surface area contributed by atoms with Crippen molar-refractivity contribution in [3.8, 4) is 5.75 Å². The zero-order chi connectivity index (χ0) is 21.3. The molecule has 0 unspecified atom stereocenters. The second kappa shape index (κ2) is 10.9. The first-order chi connectivity index (χ1) is 13.1. The van der Waals surface area contributed by atoms with Crippen LogP contribution in [0.25, 0.3) is 5.57 Å². The fraction of sp³-hybridized carbons (Fsp3) is 0.480. The Morgan fingerprint density at radius 1 is 1.18 bits per heavy atom. The first-order valence-corrected chi connectivity index (χ1v) is 10.2. The predicted molar refractivity (Wildman–Crippen MR) is 119 cm³/mol. The number of carbonyl (C=O) groups is 1. The number of aryl methyl sites for hydroxylation is 1. The number of rotatable bonds is 9. The molecule has 0 aromatic heterocycles. The van der Waals surface area contributed by atoms with E-state index in [1.807, 2.05) is 18.2 Å². The van der Waals surface area contributed by atoms with Crippen LogP contribution in [0.3, 0.4) is 0 Å². The smallest absolute Gasteiger partial charge is 0.328 e. The predicted octanol–water partition coefficient (Wildman–Crippen LogP) is 6.72. The van der Waals surface area contributed by atoms with E-state index in [0.717, 1.165) is 36.1 Å². The maximum Gasteiger partial charge on any atom is 0.328 e. The molecular weight excluding hydrogens is 348 g/mol. The number of aliphatic carboxylic acids is 1. The Morgan fingerprint density at radius 3 is 2.39 bits per heavy atom. The van der Waals surface area contributed by atoms with Gasteiger partial charge in [-0.3, -0.25) is 0 Å². The van der Waals surface area contributed by atoms with Crippen LogP contribution < -0.4 is 4.74 Å². The molecule has 28 heavy (non-hydrogen) atoms. The van der Waals surface area contributed by atoms with E-state index >= 15 is 0 Å². The van der Waals surface area contributed by atoms with Gasteiger partial charge in [0, 0.05) is 17.2 Å². The Kier molecular flexibility index (Phi) is 9.24. The van der Waals surface area contributed by atoms with E-state index < -0.39 is 5.97 Å². The van der Waals surface area contributed by atoms with Crippen molar-refractivity contribution >= 4 is 11.5 Å². The lowest BCUT2D eigenvalue weighted by molar-refractivity contribution is -0.131. The van der Waals surface area contributed by atoms with Crippen LogP contribution in [0.4, 0.5) is 0 Å². The Hall–Kier alpha value is -2.29. The Morgan fingerprint density at radius 2 is 1.86 bits per heavy atom. The number of unbranched alkanes of at least 4 members (excludes halogenated alkanes) is 1. The van der Waals surface area contributed by atoms with Crippen molar-refractivity contribution in [3.05, 3.63) is 58.7 Å². The molecule has 1 aromatic rings. The van der Waals surface area contributed by atoms with Crippen molar-refractivity contribution in [2.24, 2.45) is 0 Å². The number of benzene rings is 1. The monoisotopic (exact) mass is 384 g/mol. The summed E-state index contributed by atoms with van der Waals surface area (Å²) >= 11 is 0. The highest BCUT2D eigenvalue weighted by molar-refractivity contribution is 5.81. The van der Waals surface area contributed by atoms with Crippen molar-refractivity contribution < 1.29 is 14.6 Å². The molecule has 0 bridgehead atoms. The molecule has 0 amide bonds. The van der Waals surface area contributed by atoms with E-state index in [2.05, 4.69) is 53.7 Å². The van der Waals surface area contributed by atoms with Crippen molar-refractivity contribution in [1.82, 2.24) is 0 Å². The lowest BCUT2D eigenvalue weighted by Gasteiger charge is -2.26. The van der Waals surface area contributed by atoms with Gasteiger partial charge in [-0.2, -0.15) is 0 Å². The molecule has 0 saturated heterocycles. The molecule has 0 heterocycles. The van der Waals surface area contributed by atoms with Crippen molar-refractivity contribution in [1.29, 1.82) is 0 Å². The molecule has 0 aliphatic rings. The molecule has 1 aromatic carbocycles. The summed E-state index contributed by atoms with van der Waals surface area (Å²) in [5, 5.41) is 8.83. The highest BCUT2D eigenvalue weighted by Gasteiger charge is 2.23. The van der Waals surface area contributed by atoms with Crippen LogP contribution in [-0.4, -0.2) is 17.7 Å². The molecule has 0 spiro atoms. The van der Waals surface area contributed by atoms with E-state index in [1.54, 1.807) is 6.92 Å². The van der Waals surface area contributed by atoms with E-state index in [4.69, 9.17) is 9.84 Å². The Bertz CT molecular complexity index is 759. The van der Waals surface area contributed by atoms with E-state index in [1.165, 1.54) is 17.2 Å². The second-order valence-corrected chi connectivity index (χ2v) is 8.26. The van der Waals surface area contributed by atoms with Crippen molar-refractivity contribution in [2.45, 2.75) is 73.1 Å². The number of carboxylic acid groups (broad SMARTS) is 1. The molecule has 0 aliphatic heterocycles. The van der Waals surface area contributed by atoms with Gasteiger partial charge in [0.15, 0.2) is 0 Å². The summed E-state index contributed by atoms with van der Waals surface area (Å²) in [5.41, 5.74) is 5.43. The largest absolute Gasteiger partial charge is 0.493 e. The van der Waals surface area contributed by atoms with Crippen LogP contribution in [0.1, 0.15) is 78.0 Å². The SMILES string of the molecule is CCCCOc1c(\C(C)=C/C=C/C(C)=C/C(=O)O)cc(CC)cc1C(C)(C)C. The molecule has 3 nitrogen and oxygen atoms in total. The average Bonchev–Trinajstić information content (AvgIpc) is 2.60. The summed E-state index contributed by atoms with van der Waals surface area (Å²) in [6.45, 7) is 15.6. The molecule has 3 heteroatoms. The lowest BCUT2D eigenvalue weighted by atomic mass is 9.82. The summed E-state index contributed by atoms with van der Waals surface area (Å²) in [6, 6.07) is 4.49. The molecule has 1 N–H and O–H groups in total. The molecule has 0 aliphatic carbocycles. The Balaban J connectivity index is 3.42. The quantitative estimate of drug-likeness (QED) is 0.292. The van der Waals surface area contributed by atoms with E-state index in [-0.39, 0.29) is 5.41 Å². The van der Waals surface area contributed by atoms with Gasteiger partial charge in [-0.05, 0) is 54.9 Å². The first kappa shape index (κ1) is 23.7. The normalized spacial score (nSPS) is 13.2. The summed E-state index contributed by atoms with van der Waals surface area (Å²) in [5.74, 6) is 0.0398. The van der Waals surface area contributed by atoms with Gasteiger partial charge in [0.1, 0.15) is 5.75 Å². The standard InChI is InChI=1S/C25H36O3/c1-8-10-14-28-24-21(16-20(9-2)17-22(24)25(5,6)7)19(4)13-11-12-18(3)15-23(26)27/h11-13,15-17H,8-10,14H2,1-7H3,(H,26,27)/b12-11+,18-15+,19-13-. The fourth-order valence-electron chi connectivity index (χ4n) is 2.89. The zero-order valence-corrected chi connectivity index (χ0v) is 18.6. The minimum Gasteiger partial charge on any atom is -0.493 e. The molecule has 0 saturated carbocycles. The summed E-state index contributed by atoms with van der Waals surface area (Å²) in [7, 11) is 0. The third-order valence-electron chi connectivity index (χ3n) is 4.59. The van der Waals surface area contributed by atoms with Gasteiger partial charge in [-0.15, -0.1) is 0 Å². The number of carboxylic acids is 1. The zero-order valence-electron chi connectivity index (χ0n) is 18.6. The lowest BCUT2D eigenvalue weighted by Crippen LogP contribution is -2.16. The van der Waals surface area contributed by atoms with Gasteiger partial charge < -0.3 is 9.84 Å². The van der Waals surface area contributed by atoms with Gasteiger partial charge in [-0.1, -0.05) is 65.3 Å². The third-order valence-corrected chi connectivity index (χ3v) is 4.59. The van der Waals surface area contributed by atoms with E-state index in [9.17, 15) is 4.79 Å². The highest BCUT2D eigenvalue weighted by atomic mass is 16.5. The van der Waals surface area contributed by atoms with Gasteiger partial charge in [-0.25, -0.2) is 4.79 Å². The summed E-state index contributed by atoms with van der Waals surface area (Å²) in [6.07, 6.45) is 10.0. The highest BCUT2D eigenvalue weighted by Crippen LogP contribution is 2.38. The third kappa shape index (κ3) is 7.38. The fourth-order valence-corrected chi connectivity index (χ4v) is 2.89. The molecule has 0 radical (unpaired) electrons. The van der Waals surface area contributed by atoms with Gasteiger partial charge in [0.05, 0.1) is 6.61 Å². The Labute approximate surface area is 170 Å². The van der Waals surface area contributed by atoms with Crippen LogP contribution in [0, 0.1) is 0 Å². The van der Waals surface area contributed by atoms with Crippen LogP contribution in [0.2, 0.25) is 0 Å². The molecular formula is C25H36O3. The first-order valence-electron chi connectivity index (χ1n) is 10.2. The summed E-state index contributed by atoms with van der Waals surface area (Å²) < 4.78 is 6.28. The van der Waals surface area contributed by atoms with Gasteiger partial charge in [0.25, 0.3) is 0 Å². The molecule has 1 rings (SSSR count). The average molecular weight is 385 g/mol. The van der Waals surface area contributed by atoms with E-state index in [0.29, 0.717) is 12.2 Å². The van der Waals surface area contributed by atoms with Crippen LogP contribution in [-0.2, 0) is 16.6 Å². The van der Waals surface area contributed by atoms with Crippen molar-refractivity contribution in [2.75, 3.05) is 6.61 Å². The maximum absolute atomic E-state index is 10.8. The summed E-state index contributed by atoms with van der Waals surface area (Å²) in [4.78, 5) is 10.8. The second-order valence-electron chi connectivity index (χ2n) is 8.26. The number of ether oxygens (including phenoxy) is 1. The molecule has 154 valence electrons. The van der Waals surface area contributed by atoms with Crippen LogP contribution in [0.15, 0.2) is 42.0 Å². The number of allylic oxidation sites excluding steroid dienone is 5. The molecule has 0 atom stereocenters. The number of hydrogen-bond acceptors (Lipinski definition) is 2. The van der Waals surface area contributed by atoms with Crippen LogP contribution in [0.5, 0.6) is 5.75 Å². The van der Waals surface area contributed by atoms with Crippen molar-refractivity contribution in [3.63, 3.8) is 0 Å². The minimum atomic E-state index is -0.931. The molecule has 0 fully saturated rings. The van der Waals surface area contributed by atoms with Gasteiger partial charge >= 0.3 is 5.97 Å². The topological polar surface area (TPSA) is 46.5 Å². The van der Waals surface area contributed by atoms with Crippen LogP contribution >= 0.6 is 0 Å². The minimum absolute atomic E-state index is 0.0155. The number of hydrogen-bond donors (Lipinski definition) is 1. The van der Waals surface area contributed by atoms with Gasteiger partial charge in [0.2, 0.25) is 0 Å².